The summed E-state index contributed by atoms with van der Waals surface area (Å²) in [5.74, 6) is 0.344. The normalized spacial score (nSPS) is 15.4. The molecule has 1 saturated heterocycles. The number of carbonyl (C=O) groups excluding carboxylic acids is 1. The molecule has 2 aromatic rings. The van der Waals surface area contributed by atoms with Gasteiger partial charge in [-0.1, -0.05) is 18.2 Å². The number of amides is 1. The SMILES string of the molecule is COCC1(C(=O)Nc2cccc(OCc3ccc(F)cc3)c2)CCNCC1.Cl. The fraction of sp³-hybridized carbons (Fsp3) is 0.381. The largest absolute Gasteiger partial charge is 0.489 e. The van der Waals surface area contributed by atoms with Gasteiger partial charge in [0.2, 0.25) is 5.91 Å². The quantitative estimate of drug-likeness (QED) is 0.732. The highest BCUT2D eigenvalue weighted by atomic mass is 35.5. The zero-order valence-electron chi connectivity index (χ0n) is 15.9. The number of benzene rings is 2. The van der Waals surface area contributed by atoms with Crippen molar-refractivity contribution >= 4 is 24.0 Å². The number of methoxy groups -OCH3 is 1. The molecule has 0 aromatic heterocycles. The van der Waals surface area contributed by atoms with Crippen LogP contribution >= 0.6 is 12.4 Å². The molecule has 1 heterocycles. The van der Waals surface area contributed by atoms with E-state index in [1.165, 1.54) is 12.1 Å². The third-order valence-electron chi connectivity index (χ3n) is 4.87. The lowest BCUT2D eigenvalue weighted by Crippen LogP contribution is -2.47. The van der Waals surface area contributed by atoms with Crippen molar-refractivity contribution in [3.8, 4) is 5.75 Å². The van der Waals surface area contributed by atoms with Crippen molar-refractivity contribution in [1.29, 1.82) is 0 Å². The number of anilines is 1. The molecule has 0 spiro atoms. The fourth-order valence-corrected chi connectivity index (χ4v) is 3.29. The minimum Gasteiger partial charge on any atom is -0.489 e. The second-order valence-electron chi connectivity index (χ2n) is 6.86. The molecular formula is C21H26ClFN2O3. The van der Waals surface area contributed by atoms with Crippen LogP contribution in [0.5, 0.6) is 5.75 Å². The number of ether oxygens (including phenoxy) is 2. The second kappa shape index (κ2) is 10.4. The molecule has 5 nitrogen and oxygen atoms in total. The lowest BCUT2D eigenvalue weighted by atomic mass is 9.78. The van der Waals surface area contributed by atoms with Gasteiger partial charge in [0.25, 0.3) is 0 Å². The van der Waals surface area contributed by atoms with Crippen LogP contribution in [-0.4, -0.2) is 32.7 Å². The number of hydrogen-bond acceptors (Lipinski definition) is 4. The van der Waals surface area contributed by atoms with Crippen molar-refractivity contribution < 1.29 is 18.7 Å². The minimum absolute atomic E-state index is 0. The van der Waals surface area contributed by atoms with E-state index in [4.69, 9.17) is 9.47 Å². The van der Waals surface area contributed by atoms with Crippen LogP contribution in [0.15, 0.2) is 48.5 Å². The molecular weight excluding hydrogens is 383 g/mol. The van der Waals surface area contributed by atoms with E-state index in [1.807, 2.05) is 18.2 Å². The number of rotatable bonds is 7. The molecule has 1 aliphatic heterocycles. The number of hydrogen-bond donors (Lipinski definition) is 2. The third kappa shape index (κ3) is 5.67. The summed E-state index contributed by atoms with van der Waals surface area (Å²) in [7, 11) is 1.63. The van der Waals surface area contributed by atoms with Crippen molar-refractivity contribution in [2.45, 2.75) is 19.4 Å². The van der Waals surface area contributed by atoms with E-state index in [2.05, 4.69) is 10.6 Å². The molecule has 0 unspecified atom stereocenters. The van der Waals surface area contributed by atoms with E-state index < -0.39 is 5.41 Å². The molecule has 0 saturated carbocycles. The zero-order chi connectivity index (χ0) is 19.1. The molecule has 1 fully saturated rings. The van der Waals surface area contributed by atoms with Crippen molar-refractivity contribution in [1.82, 2.24) is 5.32 Å². The van der Waals surface area contributed by atoms with Gasteiger partial charge in [-0.25, -0.2) is 4.39 Å². The Morgan fingerprint density at radius 3 is 2.57 bits per heavy atom. The molecule has 0 bridgehead atoms. The van der Waals surface area contributed by atoms with E-state index >= 15 is 0 Å². The predicted octanol–water partition coefficient (Wildman–Crippen LogP) is 3.78. The molecule has 28 heavy (non-hydrogen) atoms. The molecule has 0 radical (unpaired) electrons. The van der Waals surface area contributed by atoms with E-state index in [0.29, 0.717) is 24.7 Å². The van der Waals surface area contributed by atoms with Gasteiger partial charge in [-0.15, -0.1) is 12.4 Å². The average Bonchev–Trinajstić information content (AvgIpc) is 2.69. The molecule has 7 heteroatoms. The summed E-state index contributed by atoms with van der Waals surface area (Å²) < 4.78 is 24.1. The molecule has 1 amide bonds. The number of carbonyl (C=O) groups is 1. The van der Waals surface area contributed by atoms with E-state index in [-0.39, 0.29) is 24.1 Å². The first kappa shape index (κ1) is 22.1. The van der Waals surface area contributed by atoms with E-state index in [0.717, 1.165) is 31.5 Å². The first-order chi connectivity index (χ1) is 13.1. The summed E-state index contributed by atoms with van der Waals surface area (Å²) in [5.41, 5.74) is 1.05. The first-order valence-corrected chi connectivity index (χ1v) is 9.10. The van der Waals surface area contributed by atoms with Crippen LogP contribution in [0.3, 0.4) is 0 Å². The highest BCUT2D eigenvalue weighted by molar-refractivity contribution is 5.95. The molecule has 2 aromatic carbocycles. The molecule has 3 rings (SSSR count). The highest BCUT2D eigenvalue weighted by Gasteiger charge is 2.39. The molecule has 0 atom stereocenters. The maximum atomic E-state index is 13.0. The van der Waals surface area contributed by atoms with Crippen LogP contribution in [0, 0.1) is 11.2 Å². The van der Waals surface area contributed by atoms with Crippen molar-refractivity contribution in [3.63, 3.8) is 0 Å². The van der Waals surface area contributed by atoms with Gasteiger partial charge >= 0.3 is 0 Å². The lowest BCUT2D eigenvalue weighted by Gasteiger charge is -2.35. The molecule has 152 valence electrons. The van der Waals surface area contributed by atoms with Crippen LogP contribution in [0.2, 0.25) is 0 Å². The summed E-state index contributed by atoms with van der Waals surface area (Å²) >= 11 is 0. The smallest absolute Gasteiger partial charge is 0.233 e. The molecule has 1 aliphatic rings. The van der Waals surface area contributed by atoms with E-state index in [9.17, 15) is 9.18 Å². The Morgan fingerprint density at radius 1 is 1.18 bits per heavy atom. The van der Waals surface area contributed by atoms with Gasteiger partial charge in [0.15, 0.2) is 0 Å². The standard InChI is InChI=1S/C21H25FN2O3.ClH/c1-26-15-21(9-11-23-12-10-21)20(25)24-18-3-2-4-19(13-18)27-14-16-5-7-17(22)8-6-16;/h2-8,13,23H,9-12,14-15H2,1H3,(H,24,25);1H. The number of halogens is 2. The Kier molecular flexibility index (Phi) is 8.23. The Labute approximate surface area is 171 Å². The van der Waals surface area contributed by atoms with Gasteiger partial charge < -0.3 is 20.1 Å². The Balaban J connectivity index is 0.00000280. The molecule has 0 aliphatic carbocycles. The topological polar surface area (TPSA) is 59.6 Å². The highest BCUT2D eigenvalue weighted by Crippen LogP contribution is 2.31. The third-order valence-corrected chi connectivity index (χ3v) is 4.87. The van der Waals surface area contributed by atoms with Crippen molar-refractivity contribution in [3.05, 3.63) is 59.9 Å². The van der Waals surface area contributed by atoms with Gasteiger partial charge in [0.05, 0.1) is 12.0 Å². The van der Waals surface area contributed by atoms with Gasteiger partial charge in [-0.3, -0.25) is 4.79 Å². The summed E-state index contributed by atoms with van der Waals surface area (Å²) in [4.78, 5) is 12.9. The van der Waals surface area contributed by atoms with Crippen LogP contribution in [-0.2, 0) is 16.1 Å². The maximum Gasteiger partial charge on any atom is 0.233 e. The number of nitrogens with one attached hydrogen (secondary N) is 2. The van der Waals surface area contributed by atoms with Gasteiger partial charge in [0, 0.05) is 18.9 Å². The van der Waals surface area contributed by atoms with Gasteiger partial charge in [-0.05, 0) is 55.8 Å². The Morgan fingerprint density at radius 2 is 1.89 bits per heavy atom. The van der Waals surface area contributed by atoms with Crippen LogP contribution < -0.4 is 15.4 Å². The summed E-state index contributed by atoms with van der Waals surface area (Å²) in [6, 6.07) is 13.5. The van der Waals surface area contributed by atoms with Crippen molar-refractivity contribution in [2.24, 2.45) is 5.41 Å². The maximum absolute atomic E-state index is 13.0. The van der Waals surface area contributed by atoms with Gasteiger partial charge in [-0.2, -0.15) is 0 Å². The van der Waals surface area contributed by atoms with Crippen LogP contribution in [0.25, 0.3) is 0 Å². The Hall–Kier alpha value is -2.15. The monoisotopic (exact) mass is 408 g/mol. The van der Waals surface area contributed by atoms with Crippen LogP contribution in [0.1, 0.15) is 18.4 Å². The zero-order valence-corrected chi connectivity index (χ0v) is 16.7. The lowest BCUT2D eigenvalue weighted by molar-refractivity contribution is -0.130. The summed E-state index contributed by atoms with van der Waals surface area (Å²) in [6.07, 6.45) is 1.49. The predicted molar refractivity (Wildman–Crippen MR) is 109 cm³/mol. The van der Waals surface area contributed by atoms with Crippen LogP contribution in [0.4, 0.5) is 10.1 Å². The van der Waals surface area contributed by atoms with Gasteiger partial charge in [0.1, 0.15) is 18.2 Å². The second-order valence-corrected chi connectivity index (χ2v) is 6.86. The average molecular weight is 409 g/mol. The summed E-state index contributed by atoms with van der Waals surface area (Å²) in [6.45, 7) is 2.34. The Bertz CT molecular complexity index is 759. The van der Waals surface area contributed by atoms with E-state index in [1.54, 1.807) is 25.3 Å². The molecule has 2 N–H and O–H groups in total. The summed E-state index contributed by atoms with van der Waals surface area (Å²) in [5, 5.41) is 6.29. The minimum atomic E-state index is -0.509. The number of piperidine rings is 1. The first-order valence-electron chi connectivity index (χ1n) is 9.10. The van der Waals surface area contributed by atoms with Crippen molar-refractivity contribution in [2.75, 3.05) is 32.1 Å². The fourth-order valence-electron chi connectivity index (χ4n) is 3.29.